The normalized spacial score (nSPS) is 26.2. The average molecular weight is 249 g/mol. The largest absolute Gasteiger partial charge is 0.480 e. The summed E-state index contributed by atoms with van der Waals surface area (Å²) in [5.74, 6) is -1.01. The van der Waals surface area contributed by atoms with Gasteiger partial charge in [-0.05, 0) is 39.7 Å². The van der Waals surface area contributed by atoms with Gasteiger partial charge in [-0.15, -0.1) is 0 Å². The Morgan fingerprint density at radius 2 is 2.12 bits per heavy atom. The fraction of sp³-hybridized carbons (Fsp3) is 0.900. The van der Waals surface area contributed by atoms with E-state index in [1.54, 1.807) is 13.8 Å². The van der Waals surface area contributed by atoms with E-state index in [9.17, 15) is 13.2 Å². The number of carbonyl (C=O) groups is 1. The molecule has 1 aliphatic heterocycles. The zero-order chi connectivity index (χ0) is 12.4. The van der Waals surface area contributed by atoms with Gasteiger partial charge < -0.3 is 10.4 Å². The van der Waals surface area contributed by atoms with Crippen LogP contribution in [-0.4, -0.2) is 42.6 Å². The van der Waals surface area contributed by atoms with Crippen molar-refractivity contribution >= 4 is 15.8 Å². The number of carboxylic acid groups (broad SMARTS) is 1. The highest BCUT2D eigenvalue weighted by molar-refractivity contribution is 7.91. The van der Waals surface area contributed by atoms with Gasteiger partial charge in [0.05, 0.1) is 11.0 Å². The molecule has 94 valence electrons. The summed E-state index contributed by atoms with van der Waals surface area (Å²) in [7, 11) is -3.16. The molecule has 1 rings (SSSR count). The van der Waals surface area contributed by atoms with E-state index in [1.165, 1.54) is 0 Å². The van der Waals surface area contributed by atoms with Crippen LogP contribution in [0, 0.1) is 0 Å². The quantitative estimate of drug-likeness (QED) is 0.737. The van der Waals surface area contributed by atoms with Crippen LogP contribution in [0.15, 0.2) is 0 Å². The van der Waals surface area contributed by atoms with Crippen molar-refractivity contribution in [3.8, 4) is 0 Å². The molecule has 0 aromatic heterocycles. The minimum Gasteiger partial charge on any atom is -0.480 e. The lowest BCUT2D eigenvalue weighted by Gasteiger charge is -2.24. The van der Waals surface area contributed by atoms with Crippen LogP contribution in [0.2, 0.25) is 0 Å². The minimum atomic E-state index is -3.16. The van der Waals surface area contributed by atoms with Crippen LogP contribution in [0.3, 0.4) is 0 Å². The maximum absolute atomic E-state index is 11.6. The zero-order valence-electron chi connectivity index (χ0n) is 9.69. The molecular weight excluding hydrogens is 230 g/mol. The third kappa shape index (κ3) is 2.74. The number of nitrogens with one attached hydrogen (secondary N) is 1. The van der Waals surface area contributed by atoms with Crippen molar-refractivity contribution in [3.05, 3.63) is 0 Å². The van der Waals surface area contributed by atoms with Gasteiger partial charge in [-0.2, -0.15) is 0 Å². The molecule has 1 unspecified atom stereocenters. The fourth-order valence-corrected chi connectivity index (χ4v) is 2.97. The van der Waals surface area contributed by atoms with Gasteiger partial charge in [0.2, 0.25) is 0 Å². The summed E-state index contributed by atoms with van der Waals surface area (Å²) in [5.41, 5.74) is -1.03. The number of carboxylic acids is 1. The zero-order valence-corrected chi connectivity index (χ0v) is 10.5. The van der Waals surface area contributed by atoms with Crippen molar-refractivity contribution in [1.82, 2.24) is 5.32 Å². The molecule has 1 saturated heterocycles. The number of aliphatic carboxylic acids is 1. The average Bonchev–Trinajstić information content (AvgIpc) is 2.64. The summed E-state index contributed by atoms with van der Waals surface area (Å²) in [5, 5.41) is 11.6. The number of rotatable bonds is 5. The standard InChI is InChI=1S/C10H19NO4S/c1-8(2)16(14,15)7-5-10(9(12)13)4-3-6-11-10/h8,11H,3-7H2,1-2H3,(H,12,13). The van der Waals surface area contributed by atoms with E-state index in [4.69, 9.17) is 5.11 Å². The minimum absolute atomic E-state index is 0.0655. The van der Waals surface area contributed by atoms with Gasteiger partial charge in [0.15, 0.2) is 9.84 Å². The molecule has 1 aliphatic rings. The van der Waals surface area contributed by atoms with E-state index < -0.39 is 26.6 Å². The summed E-state index contributed by atoms with van der Waals surface area (Å²) in [6, 6.07) is 0. The molecule has 0 radical (unpaired) electrons. The Morgan fingerprint density at radius 1 is 1.50 bits per heavy atom. The number of hydrogen-bond donors (Lipinski definition) is 2. The summed E-state index contributed by atoms with van der Waals surface area (Å²) in [4.78, 5) is 11.2. The summed E-state index contributed by atoms with van der Waals surface area (Å²) in [6.07, 6.45) is 1.45. The molecular formula is C10H19NO4S. The van der Waals surface area contributed by atoms with Crippen molar-refractivity contribution < 1.29 is 18.3 Å². The highest BCUT2D eigenvalue weighted by Gasteiger charge is 2.41. The highest BCUT2D eigenvalue weighted by atomic mass is 32.2. The second-order valence-electron chi connectivity index (χ2n) is 4.58. The Labute approximate surface area is 96.1 Å². The molecule has 0 bridgehead atoms. The molecule has 16 heavy (non-hydrogen) atoms. The van der Waals surface area contributed by atoms with Crippen molar-refractivity contribution in [2.24, 2.45) is 0 Å². The first-order valence-corrected chi connectivity index (χ1v) is 7.22. The predicted molar refractivity (Wildman–Crippen MR) is 61.1 cm³/mol. The molecule has 6 heteroatoms. The van der Waals surface area contributed by atoms with Crippen LogP contribution in [-0.2, 0) is 14.6 Å². The van der Waals surface area contributed by atoms with Crippen molar-refractivity contribution in [2.75, 3.05) is 12.3 Å². The third-order valence-electron chi connectivity index (χ3n) is 3.18. The van der Waals surface area contributed by atoms with Gasteiger partial charge in [0, 0.05) is 0 Å². The molecule has 0 spiro atoms. The monoisotopic (exact) mass is 249 g/mol. The molecule has 1 fully saturated rings. The van der Waals surface area contributed by atoms with E-state index in [-0.39, 0.29) is 12.2 Å². The summed E-state index contributed by atoms with van der Waals surface area (Å²) < 4.78 is 23.3. The van der Waals surface area contributed by atoms with E-state index in [1.807, 2.05) is 0 Å². The van der Waals surface area contributed by atoms with Gasteiger partial charge in [-0.1, -0.05) is 0 Å². The number of sulfone groups is 1. The molecule has 0 saturated carbocycles. The SMILES string of the molecule is CC(C)S(=O)(=O)CCC1(C(=O)O)CCCN1. The van der Waals surface area contributed by atoms with Gasteiger partial charge in [-0.3, -0.25) is 4.79 Å². The van der Waals surface area contributed by atoms with Crippen molar-refractivity contribution in [2.45, 2.75) is 43.9 Å². The second-order valence-corrected chi connectivity index (χ2v) is 7.26. The van der Waals surface area contributed by atoms with Gasteiger partial charge >= 0.3 is 5.97 Å². The van der Waals surface area contributed by atoms with Gasteiger partial charge in [0.1, 0.15) is 5.54 Å². The van der Waals surface area contributed by atoms with Crippen LogP contribution < -0.4 is 5.32 Å². The fourth-order valence-electron chi connectivity index (χ4n) is 1.86. The Kier molecular flexibility index (Phi) is 3.96. The Hall–Kier alpha value is -0.620. The first kappa shape index (κ1) is 13.4. The van der Waals surface area contributed by atoms with Gasteiger partial charge in [0.25, 0.3) is 0 Å². The first-order chi connectivity index (χ1) is 7.30. The number of hydrogen-bond acceptors (Lipinski definition) is 4. The topological polar surface area (TPSA) is 83.5 Å². The van der Waals surface area contributed by atoms with E-state index >= 15 is 0 Å². The second kappa shape index (κ2) is 4.71. The van der Waals surface area contributed by atoms with Crippen LogP contribution in [0.1, 0.15) is 33.1 Å². The first-order valence-electron chi connectivity index (χ1n) is 5.50. The van der Waals surface area contributed by atoms with Crippen LogP contribution in [0.4, 0.5) is 0 Å². The van der Waals surface area contributed by atoms with Crippen LogP contribution in [0.25, 0.3) is 0 Å². The lowest BCUT2D eigenvalue weighted by Crippen LogP contribution is -2.49. The van der Waals surface area contributed by atoms with Crippen molar-refractivity contribution in [3.63, 3.8) is 0 Å². The van der Waals surface area contributed by atoms with Crippen LogP contribution in [0.5, 0.6) is 0 Å². The summed E-state index contributed by atoms with van der Waals surface area (Å²) >= 11 is 0. The van der Waals surface area contributed by atoms with E-state index in [2.05, 4.69) is 5.32 Å². The Morgan fingerprint density at radius 3 is 2.50 bits per heavy atom. The lowest BCUT2D eigenvalue weighted by atomic mass is 9.95. The summed E-state index contributed by atoms with van der Waals surface area (Å²) in [6.45, 7) is 3.88. The highest BCUT2D eigenvalue weighted by Crippen LogP contribution is 2.24. The predicted octanol–water partition coefficient (Wildman–Crippen LogP) is 0.406. The molecule has 1 atom stereocenters. The maximum atomic E-state index is 11.6. The molecule has 0 aromatic carbocycles. The van der Waals surface area contributed by atoms with Crippen LogP contribution >= 0.6 is 0 Å². The van der Waals surface area contributed by atoms with E-state index in [0.717, 1.165) is 6.42 Å². The smallest absolute Gasteiger partial charge is 0.323 e. The van der Waals surface area contributed by atoms with Gasteiger partial charge in [-0.25, -0.2) is 8.42 Å². The third-order valence-corrected chi connectivity index (χ3v) is 5.39. The molecule has 2 N–H and O–H groups in total. The maximum Gasteiger partial charge on any atom is 0.323 e. The molecule has 5 nitrogen and oxygen atoms in total. The lowest BCUT2D eigenvalue weighted by molar-refractivity contribution is -0.144. The molecule has 0 aromatic rings. The Bertz CT molecular complexity index is 355. The Balaban J connectivity index is 2.69. The van der Waals surface area contributed by atoms with Crippen molar-refractivity contribution in [1.29, 1.82) is 0 Å². The molecule has 1 heterocycles. The molecule has 0 aliphatic carbocycles. The molecule has 0 amide bonds. The van der Waals surface area contributed by atoms with E-state index in [0.29, 0.717) is 13.0 Å².